The van der Waals surface area contributed by atoms with Crippen molar-refractivity contribution in [2.24, 2.45) is 4.99 Å². The third-order valence-electron chi connectivity index (χ3n) is 4.08. The maximum Gasteiger partial charge on any atom is 0.338 e. The van der Waals surface area contributed by atoms with Crippen molar-refractivity contribution in [2.75, 3.05) is 20.3 Å². The van der Waals surface area contributed by atoms with Crippen LogP contribution in [0.15, 0.2) is 59.1 Å². The average molecular weight is 376 g/mol. The number of ketones is 1. The SMILES string of the molecule is COCCOC(=O)c1cccc(N=C(C#N)C2=C(O)c3ccccc3C2=O)c1. The number of allylic oxidation sites excluding steroid dienone is 1. The number of hydrogen-bond acceptors (Lipinski definition) is 7. The first-order valence-electron chi connectivity index (χ1n) is 8.39. The minimum Gasteiger partial charge on any atom is -0.506 e. The molecule has 0 spiro atoms. The standard InChI is InChI=1S/C21H16N2O5/c1-27-9-10-28-21(26)13-5-4-6-14(11-13)23-17(12-22)18-19(24)15-7-2-3-8-16(15)20(18)25/h2-8,11,24H,9-10H2,1H3. The van der Waals surface area contributed by atoms with Crippen LogP contribution < -0.4 is 0 Å². The topological polar surface area (TPSA) is 109 Å². The lowest BCUT2D eigenvalue weighted by atomic mass is 10.1. The molecule has 0 bridgehead atoms. The first-order chi connectivity index (χ1) is 13.6. The molecule has 2 aromatic carbocycles. The molecule has 0 aliphatic heterocycles. The number of nitrogens with zero attached hydrogens (tertiary/aromatic N) is 2. The molecule has 1 N–H and O–H groups in total. The fourth-order valence-corrected chi connectivity index (χ4v) is 2.75. The number of esters is 1. The maximum absolute atomic E-state index is 12.6. The highest BCUT2D eigenvalue weighted by Crippen LogP contribution is 2.32. The van der Waals surface area contributed by atoms with Crippen LogP contribution in [-0.4, -0.2) is 42.9 Å². The van der Waals surface area contributed by atoms with E-state index in [0.717, 1.165) is 0 Å². The van der Waals surface area contributed by atoms with Crippen molar-refractivity contribution < 1.29 is 24.2 Å². The molecule has 0 heterocycles. The molecule has 140 valence electrons. The van der Waals surface area contributed by atoms with Gasteiger partial charge in [-0.25, -0.2) is 9.79 Å². The van der Waals surface area contributed by atoms with Crippen LogP contribution in [0.4, 0.5) is 5.69 Å². The van der Waals surface area contributed by atoms with Crippen LogP contribution in [0, 0.1) is 11.3 Å². The molecule has 0 unspecified atom stereocenters. The lowest BCUT2D eigenvalue weighted by molar-refractivity contribution is 0.0388. The van der Waals surface area contributed by atoms with E-state index >= 15 is 0 Å². The van der Waals surface area contributed by atoms with E-state index in [0.29, 0.717) is 11.1 Å². The summed E-state index contributed by atoms with van der Waals surface area (Å²) in [4.78, 5) is 28.8. The van der Waals surface area contributed by atoms with Gasteiger partial charge in [0.25, 0.3) is 0 Å². The predicted octanol–water partition coefficient (Wildman–Crippen LogP) is 3.25. The van der Waals surface area contributed by atoms with Gasteiger partial charge in [-0.1, -0.05) is 30.3 Å². The zero-order valence-corrected chi connectivity index (χ0v) is 15.0. The third kappa shape index (κ3) is 3.68. The summed E-state index contributed by atoms with van der Waals surface area (Å²) in [7, 11) is 1.50. The van der Waals surface area contributed by atoms with Crippen LogP contribution in [-0.2, 0) is 9.47 Å². The number of rotatable bonds is 6. The summed E-state index contributed by atoms with van der Waals surface area (Å²) in [5.74, 6) is -1.31. The van der Waals surface area contributed by atoms with Gasteiger partial charge >= 0.3 is 5.97 Å². The minimum atomic E-state index is -0.556. The fraction of sp³-hybridized carbons (Fsp3) is 0.143. The van der Waals surface area contributed by atoms with E-state index in [4.69, 9.17) is 9.47 Å². The Morgan fingerprint density at radius 3 is 2.57 bits per heavy atom. The number of benzene rings is 2. The Labute approximate surface area is 161 Å². The molecule has 0 saturated heterocycles. The number of methoxy groups -OCH3 is 1. The molecule has 0 atom stereocenters. The van der Waals surface area contributed by atoms with Crippen molar-refractivity contribution in [3.8, 4) is 6.07 Å². The molecule has 0 amide bonds. The Bertz CT molecular complexity index is 1050. The van der Waals surface area contributed by atoms with Crippen LogP contribution in [0.1, 0.15) is 26.3 Å². The quantitative estimate of drug-likeness (QED) is 0.471. The molecule has 2 aromatic rings. The Morgan fingerprint density at radius 1 is 1.14 bits per heavy atom. The second-order valence-electron chi connectivity index (χ2n) is 5.85. The number of carbonyl (C=O) groups excluding carboxylic acids is 2. The Hall–Kier alpha value is -3.76. The van der Waals surface area contributed by atoms with Crippen LogP contribution in [0.3, 0.4) is 0 Å². The molecule has 3 rings (SSSR count). The molecular formula is C21H16N2O5. The highest BCUT2D eigenvalue weighted by atomic mass is 16.6. The normalized spacial score (nSPS) is 13.3. The van der Waals surface area contributed by atoms with Crippen molar-refractivity contribution in [2.45, 2.75) is 0 Å². The number of carbonyl (C=O) groups is 2. The highest BCUT2D eigenvalue weighted by molar-refractivity contribution is 6.39. The Balaban J connectivity index is 1.92. The fourth-order valence-electron chi connectivity index (χ4n) is 2.75. The Kier molecular flexibility index (Phi) is 5.63. The second-order valence-corrected chi connectivity index (χ2v) is 5.85. The van der Waals surface area contributed by atoms with Crippen LogP contribution in [0.2, 0.25) is 0 Å². The van der Waals surface area contributed by atoms with Crippen molar-refractivity contribution in [1.82, 2.24) is 0 Å². The number of ether oxygens (including phenoxy) is 2. The Morgan fingerprint density at radius 2 is 1.89 bits per heavy atom. The summed E-state index contributed by atoms with van der Waals surface area (Å²) in [6, 6.07) is 14.5. The smallest absolute Gasteiger partial charge is 0.338 e. The van der Waals surface area contributed by atoms with E-state index in [1.54, 1.807) is 42.5 Å². The largest absolute Gasteiger partial charge is 0.506 e. The first kappa shape index (κ1) is 19.0. The lowest BCUT2D eigenvalue weighted by Gasteiger charge is -2.05. The molecule has 0 fully saturated rings. The van der Waals surface area contributed by atoms with E-state index in [9.17, 15) is 20.0 Å². The van der Waals surface area contributed by atoms with Gasteiger partial charge in [0.05, 0.1) is 17.9 Å². The number of Topliss-reactive ketones (excluding diaryl/α,β-unsaturated/α-hetero) is 1. The van der Waals surface area contributed by atoms with Gasteiger partial charge in [0.15, 0.2) is 11.5 Å². The van der Waals surface area contributed by atoms with Gasteiger partial charge in [0, 0.05) is 18.2 Å². The lowest BCUT2D eigenvalue weighted by Crippen LogP contribution is -2.10. The van der Waals surface area contributed by atoms with E-state index in [1.807, 2.05) is 6.07 Å². The molecular weight excluding hydrogens is 360 g/mol. The van der Waals surface area contributed by atoms with E-state index in [-0.39, 0.29) is 41.5 Å². The van der Waals surface area contributed by atoms with Crippen LogP contribution in [0.25, 0.3) is 5.76 Å². The number of aliphatic imine (C=N–C) groups is 1. The van der Waals surface area contributed by atoms with Crippen LogP contribution >= 0.6 is 0 Å². The van der Waals surface area contributed by atoms with Gasteiger partial charge in [-0.15, -0.1) is 0 Å². The molecule has 0 radical (unpaired) electrons. The molecule has 1 aliphatic rings. The van der Waals surface area contributed by atoms with Gasteiger partial charge in [0.1, 0.15) is 24.0 Å². The van der Waals surface area contributed by atoms with Crippen molar-refractivity contribution in [3.05, 3.63) is 70.8 Å². The summed E-state index contributed by atoms with van der Waals surface area (Å²) in [6.07, 6.45) is 0. The number of aliphatic hydroxyl groups is 1. The van der Waals surface area contributed by atoms with Gasteiger partial charge in [0.2, 0.25) is 0 Å². The van der Waals surface area contributed by atoms with Crippen LogP contribution in [0.5, 0.6) is 0 Å². The first-order valence-corrected chi connectivity index (χ1v) is 8.39. The van der Waals surface area contributed by atoms with Gasteiger partial charge in [-0.05, 0) is 18.2 Å². The maximum atomic E-state index is 12.6. The molecule has 0 aromatic heterocycles. The summed E-state index contributed by atoms with van der Waals surface area (Å²) < 4.78 is 9.88. The van der Waals surface area contributed by atoms with E-state index in [2.05, 4.69) is 4.99 Å². The molecule has 0 saturated carbocycles. The van der Waals surface area contributed by atoms with E-state index in [1.165, 1.54) is 13.2 Å². The number of nitriles is 1. The number of fused-ring (bicyclic) bond motifs is 1. The minimum absolute atomic E-state index is 0.111. The molecule has 7 nitrogen and oxygen atoms in total. The van der Waals surface area contributed by atoms with Gasteiger partial charge in [-0.2, -0.15) is 5.26 Å². The highest BCUT2D eigenvalue weighted by Gasteiger charge is 2.32. The number of aliphatic hydroxyl groups excluding tert-OH is 1. The third-order valence-corrected chi connectivity index (χ3v) is 4.08. The predicted molar refractivity (Wildman–Crippen MR) is 102 cm³/mol. The summed E-state index contributed by atoms with van der Waals surface area (Å²) in [5.41, 5.74) is 0.811. The molecule has 28 heavy (non-hydrogen) atoms. The average Bonchev–Trinajstić information content (AvgIpc) is 2.97. The van der Waals surface area contributed by atoms with Crippen molar-refractivity contribution in [1.29, 1.82) is 5.26 Å². The summed E-state index contributed by atoms with van der Waals surface area (Å²) in [5, 5.41) is 19.9. The zero-order valence-electron chi connectivity index (χ0n) is 15.0. The number of hydrogen-bond donors (Lipinski definition) is 1. The molecule has 7 heteroatoms. The summed E-state index contributed by atoms with van der Waals surface area (Å²) in [6.45, 7) is 0.387. The summed E-state index contributed by atoms with van der Waals surface area (Å²) >= 11 is 0. The molecule has 1 aliphatic carbocycles. The second kappa shape index (κ2) is 8.29. The van der Waals surface area contributed by atoms with Crippen molar-refractivity contribution in [3.63, 3.8) is 0 Å². The monoisotopic (exact) mass is 376 g/mol. The van der Waals surface area contributed by atoms with Crippen molar-refractivity contribution >= 4 is 28.9 Å². The van der Waals surface area contributed by atoms with Gasteiger partial charge in [-0.3, -0.25) is 4.79 Å². The van der Waals surface area contributed by atoms with E-state index < -0.39 is 11.8 Å². The van der Waals surface area contributed by atoms with Gasteiger partial charge < -0.3 is 14.6 Å². The zero-order chi connectivity index (χ0) is 20.1.